The summed E-state index contributed by atoms with van der Waals surface area (Å²) in [5.74, 6) is -11.3. The molecule has 7 N–H and O–H groups in total. The first kappa shape index (κ1) is 37.5. The summed E-state index contributed by atoms with van der Waals surface area (Å²) in [6.07, 6.45) is -4.89. The summed E-state index contributed by atoms with van der Waals surface area (Å²) in [6, 6.07) is 8.93. The molecular weight excluding hydrogens is 620 g/mol. The molecule has 0 spiro atoms. The number of carboxylic acids is 3. The SMILES string of the molecule is C=C(CCC12OC(C(=O)O)C(O)(C(=O)O)C(C(=O)O)(O1)C(OC(=O)C=CC(C)=CC(C)CC)C2O)C(O)C(CO)Cc1ccccc1. The topological polar surface area (TPSA) is 238 Å². The summed E-state index contributed by atoms with van der Waals surface area (Å²) >= 11 is 0. The molecule has 14 nitrogen and oxygen atoms in total. The van der Waals surface area contributed by atoms with Gasteiger partial charge in [-0.1, -0.05) is 74.9 Å². The van der Waals surface area contributed by atoms with Gasteiger partial charge in [0.05, 0.1) is 6.10 Å². The normalized spacial score (nSPS) is 30.8. The quantitative estimate of drug-likeness (QED) is 0.0570. The van der Waals surface area contributed by atoms with Crippen LogP contribution in [0.3, 0.4) is 0 Å². The van der Waals surface area contributed by atoms with Gasteiger partial charge in [0.1, 0.15) is 6.10 Å². The number of hydrogen-bond acceptors (Lipinski definition) is 11. The second-order valence-corrected chi connectivity index (χ2v) is 12.0. The van der Waals surface area contributed by atoms with Crippen LogP contribution >= 0.6 is 0 Å². The lowest BCUT2D eigenvalue weighted by atomic mass is 9.74. The minimum Gasteiger partial charge on any atom is -0.479 e. The Morgan fingerprint density at radius 2 is 1.72 bits per heavy atom. The molecule has 0 radical (unpaired) electrons. The molecule has 0 saturated carbocycles. The van der Waals surface area contributed by atoms with E-state index in [0.717, 1.165) is 18.1 Å². The summed E-state index contributed by atoms with van der Waals surface area (Å²) in [4.78, 5) is 50.5. The smallest absolute Gasteiger partial charge is 0.344 e. The lowest BCUT2D eigenvalue weighted by Gasteiger charge is -2.48. The van der Waals surface area contributed by atoms with Crippen molar-refractivity contribution in [3.63, 3.8) is 0 Å². The number of carboxylic acid groups (broad SMARTS) is 3. The highest BCUT2D eigenvalue weighted by atomic mass is 16.8. The molecule has 9 unspecified atom stereocenters. The molecule has 2 bridgehead atoms. The van der Waals surface area contributed by atoms with E-state index in [-0.39, 0.29) is 24.3 Å². The number of aliphatic carboxylic acids is 3. The maximum Gasteiger partial charge on any atom is 0.344 e. The van der Waals surface area contributed by atoms with Crippen molar-refractivity contribution in [3.05, 3.63) is 71.8 Å². The maximum atomic E-state index is 12.9. The Bertz CT molecular complexity index is 1400. The molecule has 3 rings (SSSR count). The molecule has 258 valence electrons. The number of fused-ring (bicyclic) bond motifs is 2. The summed E-state index contributed by atoms with van der Waals surface area (Å²) < 4.78 is 16.2. The largest absolute Gasteiger partial charge is 0.479 e. The number of carbonyl (C=O) groups excluding carboxylic acids is 1. The van der Waals surface area contributed by atoms with Crippen LogP contribution in [0.4, 0.5) is 0 Å². The summed E-state index contributed by atoms with van der Waals surface area (Å²) in [6.45, 7) is 8.94. The molecule has 14 heteroatoms. The molecule has 0 aliphatic carbocycles. The second-order valence-electron chi connectivity index (χ2n) is 12.0. The fourth-order valence-electron chi connectivity index (χ4n) is 5.94. The van der Waals surface area contributed by atoms with Crippen LogP contribution in [-0.4, -0.2) is 108 Å². The van der Waals surface area contributed by atoms with Crippen molar-refractivity contribution in [1.29, 1.82) is 0 Å². The van der Waals surface area contributed by atoms with Crippen LogP contribution < -0.4 is 0 Å². The van der Waals surface area contributed by atoms with Crippen LogP contribution in [0.25, 0.3) is 0 Å². The van der Waals surface area contributed by atoms with E-state index in [9.17, 15) is 54.9 Å². The highest BCUT2D eigenvalue weighted by Gasteiger charge is 2.85. The van der Waals surface area contributed by atoms with Gasteiger partial charge in [-0.2, -0.15) is 0 Å². The van der Waals surface area contributed by atoms with Crippen LogP contribution in [0.5, 0.6) is 0 Å². The third-order valence-electron chi connectivity index (χ3n) is 8.75. The summed E-state index contributed by atoms with van der Waals surface area (Å²) in [5, 5.41) is 74.0. The van der Waals surface area contributed by atoms with Crippen LogP contribution in [0.2, 0.25) is 0 Å². The van der Waals surface area contributed by atoms with E-state index >= 15 is 0 Å². The lowest BCUT2D eigenvalue weighted by molar-refractivity contribution is -0.374. The Balaban J connectivity index is 2.00. The third kappa shape index (κ3) is 7.17. The van der Waals surface area contributed by atoms with Crippen LogP contribution in [0.15, 0.2) is 66.3 Å². The van der Waals surface area contributed by atoms with E-state index in [2.05, 4.69) is 6.58 Å². The second kappa shape index (κ2) is 14.9. The van der Waals surface area contributed by atoms with E-state index < -0.39 is 84.2 Å². The molecule has 1 aromatic rings. The first-order valence-electron chi connectivity index (χ1n) is 15.1. The van der Waals surface area contributed by atoms with Gasteiger partial charge in [-0.05, 0) is 36.8 Å². The van der Waals surface area contributed by atoms with Crippen molar-refractivity contribution in [2.24, 2.45) is 11.8 Å². The standard InChI is InChI=1S/C33H42O14/c1-5-18(2)15-19(3)11-12-23(35)45-26-25(37)31(14-13-20(4)24(36)22(17-34)16-21-9-7-6-8-10-21)46-27(28(38)39)32(44,29(40)41)33(26,47-31)30(42)43/h6-12,15,18,22,24-27,34,36-37,44H,4-5,13-14,16-17H2,1-3H3,(H,38,39)(H,40,41)(H,42,43). The number of allylic oxidation sites excluding steroid dienone is 3. The van der Waals surface area contributed by atoms with Gasteiger partial charge >= 0.3 is 23.9 Å². The van der Waals surface area contributed by atoms with Gasteiger partial charge in [0.2, 0.25) is 23.1 Å². The zero-order valence-corrected chi connectivity index (χ0v) is 26.3. The van der Waals surface area contributed by atoms with Crippen LogP contribution in [0, 0.1) is 11.8 Å². The number of esters is 1. The predicted molar refractivity (Wildman–Crippen MR) is 163 cm³/mol. The zero-order chi connectivity index (χ0) is 35.3. The van der Waals surface area contributed by atoms with Gasteiger partial charge in [-0.3, -0.25) is 0 Å². The van der Waals surface area contributed by atoms with Crippen LogP contribution in [-0.2, 0) is 39.8 Å². The van der Waals surface area contributed by atoms with Gasteiger partial charge in [0, 0.05) is 25.0 Å². The number of aliphatic hydroxyl groups excluding tert-OH is 3. The van der Waals surface area contributed by atoms with Crippen molar-refractivity contribution < 1.29 is 69.1 Å². The van der Waals surface area contributed by atoms with Crippen molar-refractivity contribution in [3.8, 4) is 0 Å². The number of benzene rings is 1. The molecule has 0 aromatic heterocycles. The Morgan fingerprint density at radius 3 is 2.26 bits per heavy atom. The molecule has 9 atom stereocenters. The van der Waals surface area contributed by atoms with Crippen molar-refractivity contribution in [1.82, 2.24) is 0 Å². The lowest BCUT2D eigenvalue weighted by Crippen LogP contribution is -2.78. The van der Waals surface area contributed by atoms with E-state index in [0.29, 0.717) is 5.57 Å². The predicted octanol–water partition coefficient (Wildman–Crippen LogP) is 1.21. The van der Waals surface area contributed by atoms with Gasteiger partial charge in [-0.25, -0.2) is 19.2 Å². The zero-order valence-electron chi connectivity index (χ0n) is 26.3. The number of aliphatic hydroxyl groups is 4. The van der Waals surface area contributed by atoms with Gasteiger partial charge < -0.3 is 50.0 Å². The minimum atomic E-state index is -3.92. The van der Waals surface area contributed by atoms with Crippen molar-refractivity contribution in [2.45, 2.75) is 87.9 Å². The third-order valence-corrected chi connectivity index (χ3v) is 8.75. The first-order valence-corrected chi connectivity index (χ1v) is 15.1. The van der Waals surface area contributed by atoms with E-state index in [1.807, 2.05) is 19.9 Å². The number of carbonyl (C=O) groups is 4. The Kier molecular flexibility index (Phi) is 11.9. The maximum absolute atomic E-state index is 12.9. The molecule has 1 aromatic carbocycles. The van der Waals surface area contributed by atoms with Crippen LogP contribution in [0.1, 0.15) is 45.6 Å². The van der Waals surface area contributed by atoms with E-state index in [4.69, 9.17) is 14.2 Å². The molecule has 2 fully saturated rings. The molecule has 2 aliphatic rings. The van der Waals surface area contributed by atoms with Gasteiger partial charge in [-0.15, -0.1) is 0 Å². The first-order chi connectivity index (χ1) is 22.0. The monoisotopic (exact) mass is 662 g/mol. The molecule has 2 saturated heterocycles. The highest BCUT2D eigenvalue weighted by molar-refractivity contribution is 5.98. The van der Waals surface area contributed by atoms with Gasteiger partial charge in [0.25, 0.3) is 0 Å². The average Bonchev–Trinajstić information content (AvgIpc) is 3.24. The molecule has 2 aliphatic heterocycles. The fraction of sp³-hybridized carbons (Fsp3) is 0.515. The Morgan fingerprint density at radius 1 is 1.09 bits per heavy atom. The van der Waals surface area contributed by atoms with Crippen molar-refractivity contribution >= 4 is 23.9 Å². The minimum absolute atomic E-state index is 0.0487. The molecule has 2 heterocycles. The summed E-state index contributed by atoms with van der Waals surface area (Å²) in [7, 11) is 0. The van der Waals surface area contributed by atoms with E-state index in [1.165, 1.54) is 6.08 Å². The highest BCUT2D eigenvalue weighted by Crippen LogP contribution is 2.55. The number of ether oxygens (including phenoxy) is 3. The average molecular weight is 663 g/mol. The Labute approximate surface area is 271 Å². The molecular formula is C33H42O14. The van der Waals surface area contributed by atoms with Gasteiger partial charge in [0.15, 0.2) is 6.10 Å². The molecule has 0 amide bonds. The Hall–Kier alpha value is -3.92. The summed E-state index contributed by atoms with van der Waals surface area (Å²) in [5.41, 5.74) is -6.01. The number of rotatable bonds is 16. The van der Waals surface area contributed by atoms with Crippen molar-refractivity contribution in [2.75, 3.05) is 6.61 Å². The number of hydrogen-bond donors (Lipinski definition) is 7. The fourth-order valence-corrected chi connectivity index (χ4v) is 5.94. The van der Waals surface area contributed by atoms with E-state index in [1.54, 1.807) is 37.3 Å². The molecule has 47 heavy (non-hydrogen) atoms.